The van der Waals surface area contributed by atoms with Gasteiger partial charge in [0.25, 0.3) is 0 Å². The maximum Gasteiger partial charge on any atom is 0.391 e. The SMILES string of the molecule is CNC(C)(CN1CCC(C(F)(F)F)CC1)C(=O)OC. The highest BCUT2D eigenvalue weighted by atomic mass is 19.4. The number of nitrogens with one attached hydrogen (secondary N) is 1. The molecule has 0 amide bonds. The molecular formula is C12H21F3N2O2. The van der Waals surface area contributed by atoms with Crippen molar-refractivity contribution >= 4 is 5.97 Å². The molecule has 0 bridgehead atoms. The smallest absolute Gasteiger partial charge is 0.391 e. The summed E-state index contributed by atoms with van der Waals surface area (Å²) in [7, 11) is 2.94. The lowest BCUT2D eigenvalue weighted by Crippen LogP contribution is -2.57. The van der Waals surface area contributed by atoms with Crippen LogP contribution in [0.4, 0.5) is 13.2 Å². The molecule has 1 fully saturated rings. The van der Waals surface area contributed by atoms with Crippen LogP contribution >= 0.6 is 0 Å². The van der Waals surface area contributed by atoms with Crippen molar-refractivity contribution in [2.24, 2.45) is 5.92 Å². The monoisotopic (exact) mass is 282 g/mol. The Balaban J connectivity index is 2.55. The maximum absolute atomic E-state index is 12.6. The maximum atomic E-state index is 12.6. The number of ether oxygens (including phenoxy) is 1. The Morgan fingerprint density at radius 1 is 1.37 bits per heavy atom. The standard InChI is InChI=1S/C12H21F3N2O2/c1-11(16-2,10(18)19-3)8-17-6-4-9(5-7-17)12(13,14)15/h9,16H,4-8H2,1-3H3. The minimum atomic E-state index is -4.11. The minimum absolute atomic E-state index is 0.0878. The van der Waals surface area contributed by atoms with Gasteiger partial charge in [0.05, 0.1) is 13.0 Å². The van der Waals surface area contributed by atoms with Crippen molar-refractivity contribution in [1.82, 2.24) is 10.2 Å². The summed E-state index contributed by atoms with van der Waals surface area (Å²) < 4.78 is 42.4. The summed E-state index contributed by atoms with van der Waals surface area (Å²) in [5.41, 5.74) is -0.889. The molecule has 0 aromatic rings. The Morgan fingerprint density at radius 2 is 1.89 bits per heavy atom. The van der Waals surface area contributed by atoms with E-state index >= 15 is 0 Å². The highest BCUT2D eigenvalue weighted by Crippen LogP contribution is 2.34. The van der Waals surface area contributed by atoms with Gasteiger partial charge >= 0.3 is 12.1 Å². The number of esters is 1. The van der Waals surface area contributed by atoms with Gasteiger partial charge in [0.2, 0.25) is 0 Å². The van der Waals surface area contributed by atoms with E-state index in [0.717, 1.165) is 0 Å². The molecule has 4 nitrogen and oxygen atoms in total. The quantitative estimate of drug-likeness (QED) is 0.792. The molecular weight excluding hydrogens is 261 g/mol. The predicted octanol–water partition coefficient (Wildman–Crippen LogP) is 1.41. The van der Waals surface area contributed by atoms with E-state index < -0.39 is 23.6 Å². The first-order valence-corrected chi connectivity index (χ1v) is 6.29. The van der Waals surface area contributed by atoms with Crippen LogP contribution in [0.5, 0.6) is 0 Å². The number of alkyl halides is 3. The summed E-state index contributed by atoms with van der Waals surface area (Å²) in [4.78, 5) is 13.5. The molecule has 1 atom stereocenters. The Hall–Kier alpha value is -0.820. The van der Waals surface area contributed by atoms with Crippen molar-refractivity contribution in [3.05, 3.63) is 0 Å². The van der Waals surface area contributed by atoms with Crippen molar-refractivity contribution in [3.8, 4) is 0 Å². The Labute approximate surface area is 111 Å². The Bertz CT molecular complexity index is 315. The zero-order valence-electron chi connectivity index (χ0n) is 11.5. The van der Waals surface area contributed by atoms with Crippen molar-refractivity contribution in [2.75, 3.05) is 33.8 Å². The summed E-state index contributed by atoms with van der Waals surface area (Å²) in [6.07, 6.45) is -3.93. The highest BCUT2D eigenvalue weighted by Gasteiger charge is 2.42. The third kappa shape index (κ3) is 4.07. The van der Waals surface area contributed by atoms with Crippen LogP contribution in [0.15, 0.2) is 0 Å². The van der Waals surface area contributed by atoms with E-state index in [1.165, 1.54) is 7.11 Å². The number of carbonyl (C=O) groups excluding carboxylic acids is 1. The molecule has 0 spiro atoms. The van der Waals surface area contributed by atoms with E-state index in [-0.39, 0.29) is 12.8 Å². The van der Waals surface area contributed by atoms with Gasteiger partial charge in [0.15, 0.2) is 0 Å². The molecule has 1 saturated heterocycles. The van der Waals surface area contributed by atoms with Crippen molar-refractivity contribution < 1.29 is 22.7 Å². The van der Waals surface area contributed by atoms with Gasteiger partial charge in [-0.1, -0.05) is 0 Å². The normalized spacial score (nSPS) is 22.0. The van der Waals surface area contributed by atoms with Crippen LogP contribution < -0.4 is 5.32 Å². The lowest BCUT2D eigenvalue weighted by molar-refractivity contribution is -0.185. The number of likely N-dealkylation sites (tertiary alicyclic amines) is 1. The van der Waals surface area contributed by atoms with E-state index in [0.29, 0.717) is 19.6 Å². The number of nitrogens with zero attached hydrogens (tertiary/aromatic N) is 1. The molecule has 0 aromatic heterocycles. The number of piperidine rings is 1. The van der Waals surface area contributed by atoms with E-state index in [9.17, 15) is 18.0 Å². The Morgan fingerprint density at radius 3 is 2.26 bits per heavy atom. The van der Waals surface area contributed by atoms with Crippen molar-refractivity contribution in [3.63, 3.8) is 0 Å². The average molecular weight is 282 g/mol. The summed E-state index contributed by atoms with van der Waals surface area (Å²) >= 11 is 0. The van der Waals surface area contributed by atoms with Crippen LogP contribution in [0, 0.1) is 5.92 Å². The fraction of sp³-hybridized carbons (Fsp3) is 0.917. The topological polar surface area (TPSA) is 41.6 Å². The highest BCUT2D eigenvalue weighted by molar-refractivity contribution is 5.80. The Kier molecular flexibility index (Phi) is 5.20. The number of hydrogen-bond acceptors (Lipinski definition) is 4. The zero-order chi connectivity index (χ0) is 14.7. The number of carbonyl (C=O) groups is 1. The first kappa shape index (κ1) is 16.2. The van der Waals surface area contributed by atoms with Crippen LogP contribution in [0.1, 0.15) is 19.8 Å². The third-order valence-corrected chi connectivity index (χ3v) is 3.78. The largest absolute Gasteiger partial charge is 0.468 e. The van der Waals surface area contributed by atoms with Crippen molar-refractivity contribution in [2.45, 2.75) is 31.5 Å². The summed E-state index contributed by atoms with van der Waals surface area (Å²) in [6.45, 7) is 2.73. The van der Waals surface area contributed by atoms with Gasteiger partial charge in [-0.3, -0.25) is 4.79 Å². The number of methoxy groups -OCH3 is 1. The van der Waals surface area contributed by atoms with Gasteiger partial charge in [0.1, 0.15) is 5.54 Å². The number of halogens is 3. The van der Waals surface area contributed by atoms with Crippen LogP contribution in [-0.2, 0) is 9.53 Å². The van der Waals surface area contributed by atoms with Gasteiger partial charge in [0, 0.05) is 6.54 Å². The fourth-order valence-electron chi connectivity index (χ4n) is 2.34. The van der Waals surface area contributed by atoms with Crippen LogP contribution in [-0.4, -0.2) is 56.4 Å². The van der Waals surface area contributed by atoms with Gasteiger partial charge in [-0.15, -0.1) is 0 Å². The van der Waals surface area contributed by atoms with Gasteiger partial charge in [-0.2, -0.15) is 13.2 Å². The lowest BCUT2D eigenvalue weighted by Gasteiger charge is -2.37. The summed E-state index contributed by atoms with van der Waals surface area (Å²) in [5.74, 6) is -1.63. The molecule has 1 aliphatic heterocycles. The number of rotatable bonds is 4. The van der Waals surface area contributed by atoms with Crippen LogP contribution in [0.25, 0.3) is 0 Å². The fourth-order valence-corrected chi connectivity index (χ4v) is 2.34. The van der Waals surface area contributed by atoms with Gasteiger partial charge < -0.3 is 15.0 Å². The van der Waals surface area contributed by atoms with E-state index in [4.69, 9.17) is 4.74 Å². The molecule has 0 saturated carbocycles. The second kappa shape index (κ2) is 6.09. The summed E-state index contributed by atoms with van der Waals surface area (Å²) in [6, 6.07) is 0. The van der Waals surface area contributed by atoms with E-state index in [1.807, 2.05) is 4.90 Å². The molecule has 19 heavy (non-hydrogen) atoms. The zero-order valence-corrected chi connectivity index (χ0v) is 11.5. The second-order valence-corrected chi connectivity index (χ2v) is 5.17. The van der Waals surface area contributed by atoms with Gasteiger partial charge in [-0.05, 0) is 39.9 Å². The third-order valence-electron chi connectivity index (χ3n) is 3.78. The first-order chi connectivity index (χ1) is 8.73. The van der Waals surface area contributed by atoms with Gasteiger partial charge in [-0.25, -0.2) is 0 Å². The van der Waals surface area contributed by atoms with E-state index in [1.54, 1.807) is 14.0 Å². The number of hydrogen-bond donors (Lipinski definition) is 1. The molecule has 0 radical (unpaired) electrons. The first-order valence-electron chi connectivity index (χ1n) is 6.29. The molecule has 0 aromatic carbocycles. The van der Waals surface area contributed by atoms with Crippen LogP contribution in [0.2, 0.25) is 0 Å². The molecule has 1 heterocycles. The molecule has 0 aliphatic carbocycles. The minimum Gasteiger partial charge on any atom is -0.468 e. The number of likely N-dealkylation sites (N-methyl/N-ethyl adjacent to an activating group) is 1. The molecule has 7 heteroatoms. The van der Waals surface area contributed by atoms with E-state index in [2.05, 4.69) is 5.32 Å². The molecule has 1 aliphatic rings. The average Bonchev–Trinajstić information content (AvgIpc) is 2.37. The second-order valence-electron chi connectivity index (χ2n) is 5.17. The lowest BCUT2D eigenvalue weighted by atomic mass is 9.94. The van der Waals surface area contributed by atoms with Crippen LogP contribution in [0.3, 0.4) is 0 Å². The predicted molar refractivity (Wildman–Crippen MR) is 64.7 cm³/mol. The van der Waals surface area contributed by atoms with Crippen molar-refractivity contribution in [1.29, 1.82) is 0 Å². The molecule has 112 valence electrons. The molecule has 1 N–H and O–H groups in total. The molecule has 1 rings (SSSR count). The summed E-state index contributed by atoms with van der Waals surface area (Å²) in [5, 5.41) is 2.88. The molecule has 1 unspecified atom stereocenters.